The molecule has 2 N–H and O–H groups in total. The van der Waals surface area contributed by atoms with Crippen molar-refractivity contribution in [1.29, 1.82) is 0 Å². The Morgan fingerprint density at radius 2 is 2.05 bits per heavy atom. The number of halogens is 1. The maximum absolute atomic E-state index is 11.6. The topological polar surface area (TPSA) is 105 Å². The van der Waals surface area contributed by atoms with E-state index in [0.717, 1.165) is 5.56 Å². The van der Waals surface area contributed by atoms with Crippen LogP contribution in [-0.4, -0.2) is 33.2 Å². The Labute approximate surface area is 131 Å². The molecular formula is C14H14ClN3O4. The van der Waals surface area contributed by atoms with Crippen LogP contribution in [0.4, 0.5) is 0 Å². The molecule has 2 rings (SSSR count). The van der Waals surface area contributed by atoms with Crippen LogP contribution < -0.4 is 5.32 Å². The van der Waals surface area contributed by atoms with E-state index in [0.29, 0.717) is 16.7 Å². The smallest absolute Gasteiger partial charge is 0.325 e. The fraction of sp³-hybridized carbons (Fsp3) is 0.286. The van der Waals surface area contributed by atoms with Crippen molar-refractivity contribution in [3.63, 3.8) is 0 Å². The second-order valence-corrected chi connectivity index (χ2v) is 5.08. The molecule has 1 heterocycles. The third kappa shape index (κ3) is 4.29. The highest BCUT2D eigenvalue weighted by atomic mass is 35.5. The first-order valence-corrected chi connectivity index (χ1v) is 6.94. The van der Waals surface area contributed by atoms with Gasteiger partial charge in [-0.15, -0.1) is 0 Å². The average Bonchev–Trinajstić information content (AvgIpc) is 2.94. The maximum Gasteiger partial charge on any atom is 0.325 e. The highest BCUT2D eigenvalue weighted by Crippen LogP contribution is 2.18. The minimum Gasteiger partial charge on any atom is -0.480 e. The Balaban J connectivity index is 1.91. The van der Waals surface area contributed by atoms with E-state index in [1.54, 1.807) is 24.3 Å². The van der Waals surface area contributed by atoms with E-state index in [2.05, 4.69) is 15.5 Å². The molecule has 116 valence electrons. The summed E-state index contributed by atoms with van der Waals surface area (Å²) in [6.07, 6.45) is 0.304. The van der Waals surface area contributed by atoms with Gasteiger partial charge >= 0.3 is 5.97 Å². The van der Waals surface area contributed by atoms with Crippen molar-refractivity contribution < 1.29 is 19.2 Å². The van der Waals surface area contributed by atoms with Crippen LogP contribution in [0, 0.1) is 0 Å². The second-order valence-electron chi connectivity index (χ2n) is 4.65. The van der Waals surface area contributed by atoms with E-state index in [4.69, 9.17) is 21.2 Å². The minimum absolute atomic E-state index is 0.0693. The second kappa shape index (κ2) is 7.04. The van der Waals surface area contributed by atoms with E-state index in [1.165, 1.54) is 6.92 Å². The van der Waals surface area contributed by atoms with Crippen LogP contribution in [0.2, 0.25) is 5.02 Å². The summed E-state index contributed by atoms with van der Waals surface area (Å²) in [6.45, 7) is 1.39. The van der Waals surface area contributed by atoms with Gasteiger partial charge in [0.2, 0.25) is 17.6 Å². The summed E-state index contributed by atoms with van der Waals surface area (Å²) in [6, 6.07) is 6.03. The number of nitrogens with zero attached hydrogens (tertiary/aromatic N) is 2. The highest BCUT2D eigenvalue weighted by Gasteiger charge is 2.15. The lowest BCUT2D eigenvalue weighted by atomic mass is 10.2. The van der Waals surface area contributed by atoms with Crippen LogP contribution in [0.1, 0.15) is 19.2 Å². The number of aromatic nitrogens is 2. The zero-order valence-electron chi connectivity index (χ0n) is 11.7. The number of carboxylic acids is 1. The predicted molar refractivity (Wildman–Crippen MR) is 78.3 cm³/mol. The van der Waals surface area contributed by atoms with Gasteiger partial charge in [-0.1, -0.05) is 16.8 Å². The number of hydrogen-bond donors (Lipinski definition) is 2. The monoisotopic (exact) mass is 323 g/mol. The van der Waals surface area contributed by atoms with Crippen LogP contribution in [0.3, 0.4) is 0 Å². The molecule has 1 aromatic heterocycles. The van der Waals surface area contributed by atoms with Crippen molar-refractivity contribution in [2.24, 2.45) is 0 Å². The van der Waals surface area contributed by atoms with Crippen LogP contribution in [-0.2, 0) is 16.0 Å². The number of nitrogens with one attached hydrogen (secondary N) is 1. The lowest BCUT2D eigenvalue weighted by molar-refractivity contribution is -0.141. The van der Waals surface area contributed by atoms with E-state index >= 15 is 0 Å². The molecule has 0 aliphatic carbocycles. The Hall–Kier alpha value is -2.41. The molecule has 1 amide bonds. The maximum atomic E-state index is 11.6. The number of carbonyl (C=O) groups excluding carboxylic acids is 1. The number of rotatable bonds is 6. The molecule has 0 fully saturated rings. The third-order valence-corrected chi connectivity index (χ3v) is 3.14. The fourth-order valence-electron chi connectivity index (χ4n) is 1.67. The summed E-state index contributed by atoms with van der Waals surface area (Å²) in [4.78, 5) is 26.4. The van der Waals surface area contributed by atoms with Crippen molar-refractivity contribution in [1.82, 2.24) is 15.5 Å². The largest absolute Gasteiger partial charge is 0.480 e. The lowest BCUT2D eigenvalue weighted by Gasteiger charge is -2.07. The molecular weight excluding hydrogens is 310 g/mol. The first-order chi connectivity index (χ1) is 10.5. The zero-order valence-corrected chi connectivity index (χ0v) is 12.5. The molecule has 0 spiro atoms. The Morgan fingerprint density at radius 1 is 1.36 bits per heavy atom. The SMILES string of the molecule is C[C@@H](NC(=O)CCc1nc(-c2ccc(Cl)cc2)no1)C(=O)O. The number of aliphatic carboxylic acids is 1. The molecule has 0 saturated carbocycles. The molecule has 0 saturated heterocycles. The van der Waals surface area contributed by atoms with Crippen molar-refractivity contribution >= 4 is 23.5 Å². The number of carboxylic acid groups (broad SMARTS) is 1. The van der Waals surface area contributed by atoms with Crippen molar-refractivity contribution in [3.05, 3.63) is 35.2 Å². The van der Waals surface area contributed by atoms with Crippen molar-refractivity contribution in [2.75, 3.05) is 0 Å². The van der Waals surface area contributed by atoms with E-state index in [1.807, 2.05) is 0 Å². The zero-order chi connectivity index (χ0) is 16.1. The molecule has 1 aromatic carbocycles. The van der Waals surface area contributed by atoms with Gasteiger partial charge in [-0.2, -0.15) is 4.98 Å². The standard InChI is InChI=1S/C14H14ClN3O4/c1-8(14(20)21)16-11(19)6-7-12-17-13(18-22-12)9-2-4-10(15)5-3-9/h2-5,8H,6-7H2,1H3,(H,16,19)(H,20,21)/t8-/m1/s1. The van der Waals surface area contributed by atoms with Crippen LogP contribution >= 0.6 is 11.6 Å². The van der Waals surface area contributed by atoms with Crippen LogP contribution in [0.5, 0.6) is 0 Å². The van der Waals surface area contributed by atoms with Crippen molar-refractivity contribution in [3.8, 4) is 11.4 Å². The minimum atomic E-state index is -1.09. The average molecular weight is 324 g/mol. The lowest BCUT2D eigenvalue weighted by Crippen LogP contribution is -2.38. The van der Waals surface area contributed by atoms with Gasteiger partial charge in [0.25, 0.3) is 0 Å². The first-order valence-electron chi connectivity index (χ1n) is 6.56. The van der Waals surface area contributed by atoms with E-state index < -0.39 is 12.0 Å². The highest BCUT2D eigenvalue weighted by molar-refractivity contribution is 6.30. The Morgan fingerprint density at radius 3 is 2.68 bits per heavy atom. The Bertz CT molecular complexity index is 669. The van der Waals surface area contributed by atoms with Gasteiger partial charge in [0, 0.05) is 23.4 Å². The van der Waals surface area contributed by atoms with Gasteiger partial charge in [-0.25, -0.2) is 0 Å². The molecule has 0 aliphatic rings. The summed E-state index contributed by atoms with van der Waals surface area (Å²) in [5, 5.41) is 15.5. The number of hydrogen-bond acceptors (Lipinski definition) is 5. The summed E-state index contributed by atoms with van der Waals surface area (Å²) in [7, 11) is 0. The van der Waals surface area contributed by atoms with Gasteiger partial charge in [0.05, 0.1) is 0 Å². The molecule has 8 heteroatoms. The quantitative estimate of drug-likeness (QED) is 0.841. The Kier molecular flexibility index (Phi) is 5.11. The number of aryl methyl sites for hydroxylation is 1. The molecule has 2 aromatic rings. The number of amides is 1. The van der Waals surface area contributed by atoms with Gasteiger partial charge in [-0.05, 0) is 31.2 Å². The van der Waals surface area contributed by atoms with E-state index in [-0.39, 0.29) is 18.7 Å². The fourth-order valence-corrected chi connectivity index (χ4v) is 1.79. The molecule has 0 aliphatic heterocycles. The molecule has 0 bridgehead atoms. The number of carbonyl (C=O) groups is 2. The molecule has 7 nitrogen and oxygen atoms in total. The third-order valence-electron chi connectivity index (χ3n) is 2.88. The number of benzene rings is 1. The van der Waals surface area contributed by atoms with E-state index in [9.17, 15) is 9.59 Å². The van der Waals surface area contributed by atoms with Crippen molar-refractivity contribution in [2.45, 2.75) is 25.8 Å². The van der Waals surface area contributed by atoms with Gasteiger partial charge in [0.15, 0.2) is 0 Å². The van der Waals surface area contributed by atoms with Gasteiger partial charge < -0.3 is 14.9 Å². The predicted octanol–water partition coefficient (Wildman–Crippen LogP) is 1.91. The summed E-state index contributed by atoms with van der Waals surface area (Å²) < 4.78 is 5.06. The summed E-state index contributed by atoms with van der Waals surface area (Å²) >= 11 is 5.80. The first kappa shape index (κ1) is 16.0. The normalized spacial score (nSPS) is 11.9. The van der Waals surface area contributed by atoms with Crippen LogP contribution in [0.25, 0.3) is 11.4 Å². The molecule has 0 unspecified atom stereocenters. The molecule has 0 radical (unpaired) electrons. The van der Waals surface area contributed by atoms with Gasteiger partial charge in [0.1, 0.15) is 6.04 Å². The summed E-state index contributed by atoms with van der Waals surface area (Å²) in [5.74, 6) is -0.758. The molecule has 22 heavy (non-hydrogen) atoms. The van der Waals surface area contributed by atoms with Gasteiger partial charge in [-0.3, -0.25) is 9.59 Å². The summed E-state index contributed by atoms with van der Waals surface area (Å²) in [5.41, 5.74) is 0.753. The van der Waals surface area contributed by atoms with Crippen LogP contribution in [0.15, 0.2) is 28.8 Å². The molecule has 1 atom stereocenters.